The second-order valence-electron chi connectivity index (χ2n) is 2.48. The third-order valence-corrected chi connectivity index (χ3v) is 1.63. The fraction of sp³-hybridized carbons (Fsp3) is 0.100. The maximum Gasteiger partial charge on any atom is 1.00 e. The molecule has 0 fully saturated rings. The van der Waals surface area contributed by atoms with Gasteiger partial charge in [-0.1, -0.05) is 24.3 Å². The maximum absolute atomic E-state index is 11.2. The summed E-state index contributed by atoms with van der Waals surface area (Å²) in [6.45, 7) is 1.84. The van der Waals surface area contributed by atoms with Crippen molar-refractivity contribution >= 4 is 5.78 Å². The zero-order valence-corrected chi connectivity index (χ0v) is 9.78. The van der Waals surface area contributed by atoms with Gasteiger partial charge in [0.1, 0.15) is 0 Å². The number of hydrogen-bond donors (Lipinski definition) is 0. The molecule has 1 aromatic rings. The van der Waals surface area contributed by atoms with Gasteiger partial charge in [-0.3, -0.25) is 4.79 Å². The summed E-state index contributed by atoms with van der Waals surface area (Å²) < 4.78 is 0. The zero-order valence-electron chi connectivity index (χ0n) is 7.78. The average Bonchev–Trinajstić information content (AvgIpc) is 2.05. The molecule has 0 saturated heterocycles. The first kappa shape index (κ1) is 12.4. The predicted molar refractivity (Wildman–Crippen MR) is 44.6 cm³/mol. The number of ketones is 1. The molecule has 62 valence electrons. The van der Waals surface area contributed by atoms with Gasteiger partial charge in [0, 0.05) is 5.56 Å². The van der Waals surface area contributed by atoms with Crippen molar-refractivity contribution < 1.29 is 39.5 Å². The molecule has 2 nitrogen and oxygen atoms in total. The minimum atomic E-state index is -0.233. The normalized spacial score (nSPS) is 9.62. The van der Waals surface area contributed by atoms with Crippen molar-refractivity contribution in [1.82, 2.24) is 0 Å². The SMILES string of the molecule is Cc1ccccc1C(=O)/C=C/[O-].[Na+]. The van der Waals surface area contributed by atoms with E-state index < -0.39 is 0 Å². The Bertz CT molecular complexity index is 318. The van der Waals surface area contributed by atoms with Crippen molar-refractivity contribution in [3.8, 4) is 0 Å². The predicted octanol–water partition coefficient (Wildman–Crippen LogP) is -1.94. The number of aryl methyl sites for hydroxylation is 1. The molecule has 0 aliphatic carbocycles. The van der Waals surface area contributed by atoms with Gasteiger partial charge >= 0.3 is 29.6 Å². The van der Waals surface area contributed by atoms with Crippen LogP contribution in [0, 0.1) is 6.92 Å². The molecule has 1 rings (SSSR count). The molecule has 0 amide bonds. The van der Waals surface area contributed by atoms with E-state index in [0.29, 0.717) is 11.8 Å². The summed E-state index contributed by atoms with van der Waals surface area (Å²) in [4.78, 5) is 11.2. The van der Waals surface area contributed by atoms with Gasteiger partial charge in [0.2, 0.25) is 0 Å². The van der Waals surface area contributed by atoms with Gasteiger partial charge in [-0.2, -0.15) is 0 Å². The fourth-order valence-corrected chi connectivity index (χ4v) is 1.00. The van der Waals surface area contributed by atoms with Crippen molar-refractivity contribution in [3.63, 3.8) is 0 Å². The number of hydrogen-bond acceptors (Lipinski definition) is 2. The van der Waals surface area contributed by atoms with Crippen LogP contribution in [0.15, 0.2) is 36.6 Å². The van der Waals surface area contributed by atoms with Crippen LogP contribution in [-0.4, -0.2) is 5.78 Å². The molecule has 0 unspecified atom stereocenters. The van der Waals surface area contributed by atoms with Crippen LogP contribution in [0.5, 0.6) is 0 Å². The second kappa shape index (κ2) is 5.97. The average molecular weight is 184 g/mol. The Morgan fingerprint density at radius 2 is 2.00 bits per heavy atom. The Morgan fingerprint density at radius 3 is 2.54 bits per heavy atom. The quantitative estimate of drug-likeness (QED) is 0.232. The van der Waals surface area contributed by atoms with E-state index in [0.717, 1.165) is 11.6 Å². The number of benzene rings is 1. The van der Waals surface area contributed by atoms with Gasteiger partial charge in [0.15, 0.2) is 5.78 Å². The van der Waals surface area contributed by atoms with Crippen molar-refractivity contribution in [3.05, 3.63) is 47.7 Å². The number of rotatable bonds is 2. The van der Waals surface area contributed by atoms with E-state index in [1.807, 2.05) is 19.1 Å². The molecule has 0 aliphatic rings. The number of allylic oxidation sites excluding steroid dienone is 1. The van der Waals surface area contributed by atoms with Crippen molar-refractivity contribution in [2.24, 2.45) is 0 Å². The Hall–Kier alpha value is -0.570. The summed E-state index contributed by atoms with van der Waals surface area (Å²) in [7, 11) is 0. The molecular formula is C10H9NaO2. The van der Waals surface area contributed by atoms with E-state index in [-0.39, 0.29) is 35.3 Å². The molecule has 0 heterocycles. The topological polar surface area (TPSA) is 40.1 Å². The Balaban J connectivity index is 0.00000144. The maximum atomic E-state index is 11.2. The van der Waals surface area contributed by atoms with Crippen LogP contribution in [0.1, 0.15) is 15.9 Å². The minimum absolute atomic E-state index is 0. The van der Waals surface area contributed by atoms with E-state index in [1.54, 1.807) is 12.1 Å². The van der Waals surface area contributed by atoms with Crippen molar-refractivity contribution in [1.29, 1.82) is 0 Å². The summed E-state index contributed by atoms with van der Waals surface area (Å²) in [6, 6.07) is 7.18. The Labute approximate surface area is 99.6 Å². The van der Waals surface area contributed by atoms with Crippen molar-refractivity contribution in [2.75, 3.05) is 0 Å². The molecule has 13 heavy (non-hydrogen) atoms. The van der Waals surface area contributed by atoms with Gasteiger partial charge in [-0.25, -0.2) is 0 Å². The molecule has 1 aromatic carbocycles. The molecule has 0 N–H and O–H groups in total. The Kier molecular flexibility index (Phi) is 5.71. The van der Waals surface area contributed by atoms with E-state index in [2.05, 4.69) is 0 Å². The first-order valence-corrected chi connectivity index (χ1v) is 3.64. The monoisotopic (exact) mass is 184 g/mol. The van der Waals surface area contributed by atoms with E-state index in [4.69, 9.17) is 0 Å². The molecule has 0 atom stereocenters. The summed E-state index contributed by atoms with van der Waals surface area (Å²) in [5.74, 6) is -0.233. The molecule has 0 aliphatic heterocycles. The third kappa shape index (κ3) is 3.35. The van der Waals surface area contributed by atoms with Crippen LogP contribution in [0.4, 0.5) is 0 Å². The largest absolute Gasteiger partial charge is 1.00 e. The summed E-state index contributed by atoms with van der Waals surface area (Å²) >= 11 is 0. The molecule has 0 spiro atoms. The van der Waals surface area contributed by atoms with Gasteiger partial charge in [-0.15, -0.1) is 6.26 Å². The zero-order chi connectivity index (χ0) is 8.97. The van der Waals surface area contributed by atoms with Crippen LogP contribution in [0.25, 0.3) is 0 Å². The Morgan fingerprint density at radius 1 is 1.38 bits per heavy atom. The number of carbonyl (C=O) groups is 1. The van der Waals surface area contributed by atoms with Crippen molar-refractivity contribution in [2.45, 2.75) is 6.92 Å². The fourth-order valence-electron chi connectivity index (χ4n) is 1.00. The molecule has 0 radical (unpaired) electrons. The van der Waals surface area contributed by atoms with Gasteiger partial charge < -0.3 is 5.11 Å². The second-order valence-corrected chi connectivity index (χ2v) is 2.48. The molecule has 0 bridgehead atoms. The minimum Gasteiger partial charge on any atom is -0.878 e. The van der Waals surface area contributed by atoms with Crippen LogP contribution in [0.2, 0.25) is 0 Å². The van der Waals surface area contributed by atoms with Crippen LogP contribution < -0.4 is 34.7 Å². The van der Waals surface area contributed by atoms with Gasteiger partial charge in [0.05, 0.1) is 0 Å². The summed E-state index contributed by atoms with van der Waals surface area (Å²) in [5, 5.41) is 10.0. The molecule has 0 saturated carbocycles. The summed E-state index contributed by atoms with van der Waals surface area (Å²) in [5.41, 5.74) is 1.48. The first-order chi connectivity index (χ1) is 5.75. The van der Waals surface area contributed by atoms with Crippen LogP contribution >= 0.6 is 0 Å². The smallest absolute Gasteiger partial charge is 0.878 e. The van der Waals surface area contributed by atoms with Crippen LogP contribution in [0.3, 0.4) is 0 Å². The standard InChI is InChI=1S/C10H10O2.Na/c1-8-4-2-3-5-9(8)10(12)6-7-11;/h2-7,11H,1H3;/q;+1/p-1/b7-6+;. The summed E-state index contributed by atoms with van der Waals surface area (Å²) in [6.07, 6.45) is 1.54. The molecule has 3 heteroatoms. The van der Waals surface area contributed by atoms with E-state index >= 15 is 0 Å². The van der Waals surface area contributed by atoms with Gasteiger partial charge in [-0.05, 0) is 18.6 Å². The third-order valence-electron chi connectivity index (χ3n) is 1.63. The van der Waals surface area contributed by atoms with Crippen LogP contribution in [-0.2, 0) is 0 Å². The molecule has 0 aromatic heterocycles. The van der Waals surface area contributed by atoms with E-state index in [9.17, 15) is 9.90 Å². The molecular weight excluding hydrogens is 175 g/mol. The van der Waals surface area contributed by atoms with E-state index in [1.165, 1.54) is 0 Å². The number of carbonyl (C=O) groups excluding carboxylic acids is 1. The first-order valence-electron chi connectivity index (χ1n) is 3.64. The van der Waals surface area contributed by atoms with Gasteiger partial charge in [0.25, 0.3) is 0 Å².